The maximum absolute atomic E-state index is 11.4. The Kier molecular flexibility index (Phi) is 3.42. The first kappa shape index (κ1) is 11.0. The molecular formula is C12H19N3O5. The lowest BCUT2D eigenvalue weighted by atomic mass is 10.1. The van der Waals surface area contributed by atoms with Crippen LogP contribution in [0.4, 0.5) is 5.69 Å². The summed E-state index contributed by atoms with van der Waals surface area (Å²) >= 11 is 0. The molecular weight excluding hydrogens is 266 g/mol. The summed E-state index contributed by atoms with van der Waals surface area (Å²) < 4.78 is 34.3. The largest absolute Gasteiger partial charge is 0.442 e. The smallest absolute Gasteiger partial charge is 0.353 e. The zero-order valence-electron chi connectivity index (χ0n) is 14.1. The Hall–Kier alpha value is -1.67. The van der Waals surface area contributed by atoms with Crippen molar-refractivity contribution < 1.29 is 23.6 Å². The van der Waals surface area contributed by atoms with Crippen LogP contribution in [-0.4, -0.2) is 39.3 Å². The van der Waals surface area contributed by atoms with Crippen LogP contribution in [0.1, 0.15) is 42.0 Å². The van der Waals surface area contributed by atoms with Gasteiger partial charge < -0.3 is 14.6 Å². The lowest BCUT2D eigenvalue weighted by molar-refractivity contribution is -0.387. The van der Waals surface area contributed by atoms with Crippen LogP contribution in [0.15, 0.2) is 0 Å². The molecule has 0 aromatic carbocycles. The summed E-state index contributed by atoms with van der Waals surface area (Å²) in [6, 6.07) is -0.325. The maximum Gasteiger partial charge on any atom is 0.353 e. The lowest BCUT2D eigenvalue weighted by Crippen LogP contribution is -2.21. The van der Waals surface area contributed by atoms with Crippen molar-refractivity contribution in [3.63, 3.8) is 0 Å². The highest BCUT2D eigenvalue weighted by Crippen LogP contribution is 2.34. The van der Waals surface area contributed by atoms with Gasteiger partial charge >= 0.3 is 11.6 Å². The van der Waals surface area contributed by atoms with Crippen molar-refractivity contribution in [2.75, 3.05) is 13.2 Å². The van der Waals surface area contributed by atoms with Gasteiger partial charge in [-0.2, -0.15) is 0 Å². The molecule has 0 spiro atoms. The number of nitrogens with zero attached hydrogens (tertiary/aromatic N) is 3. The summed E-state index contributed by atoms with van der Waals surface area (Å²) in [5.41, 5.74) is -1.20. The second-order valence-electron chi connectivity index (χ2n) is 4.53. The van der Waals surface area contributed by atoms with Crippen molar-refractivity contribution in [2.45, 2.75) is 45.4 Å². The molecule has 1 unspecified atom stereocenters. The highest BCUT2D eigenvalue weighted by Gasteiger charge is 2.31. The number of ether oxygens (including phenoxy) is 2. The molecule has 1 fully saturated rings. The van der Waals surface area contributed by atoms with Crippen molar-refractivity contribution in [1.82, 2.24) is 9.78 Å². The second-order valence-corrected chi connectivity index (χ2v) is 4.53. The molecule has 1 aromatic rings. The average Bonchev–Trinajstić information content (AvgIpc) is 2.87. The van der Waals surface area contributed by atoms with E-state index in [2.05, 4.69) is 5.10 Å². The number of aliphatic hydroxyl groups excluding tert-OH is 1. The van der Waals surface area contributed by atoms with Crippen LogP contribution in [0.3, 0.4) is 0 Å². The average molecular weight is 288 g/mol. The summed E-state index contributed by atoms with van der Waals surface area (Å²) in [7, 11) is 0. The molecule has 20 heavy (non-hydrogen) atoms. The third-order valence-electron chi connectivity index (χ3n) is 3.17. The fourth-order valence-electron chi connectivity index (χ4n) is 2.06. The molecule has 2 rings (SSSR count). The van der Waals surface area contributed by atoms with E-state index in [1.54, 1.807) is 6.92 Å². The number of aliphatic hydroxyl groups is 1. The molecule has 1 aliphatic rings. The molecule has 8 nitrogen and oxygen atoms in total. The van der Waals surface area contributed by atoms with Crippen LogP contribution in [0.25, 0.3) is 0 Å². The highest BCUT2D eigenvalue weighted by atomic mass is 16.6. The van der Waals surface area contributed by atoms with Crippen LogP contribution < -0.4 is 4.74 Å². The van der Waals surface area contributed by atoms with Crippen molar-refractivity contribution in [3.05, 3.63) is 15.8 Å². The van der Waals surface area contributed by atoms with Gasteiger partial charge in [-0.05, 0) is 19.7 Å². The summed E-state index contributed by atoms with van der Waals surface area (Å²) in [6.45, 7) is -0.262. The SMILES string of the molecule is [2H]C([2H])([2H])c1c([N+](=O)[O-])c(OC(O)CC)nn1C1CCOCC1. The standard InChI is InChI=1S/C12H19N3O5/c1-3-10(16)20-12-11(15(17)18)8(2)14(13-12)9-4-6-19-7-5-9/h9-10,16H,3-7H2,1-2H3/i2D3. The Balaban J connectivity index is 2.55. The number of rotatable bonds is 5. The van der Waals surface area contributed by atoms with E-state index < -0.39 is 35.3 Å². The van der Waals surface area contributed by atoms with Crippen molar-refractivity contribution in [1.29, 1.82) is 0 Å². The third kappa shape index (κ3) is 2.91. The van der Waals surface area contributed by atoms with E-state index in [9.17, 15) is 15.2 Å². The van der Waals surface area contributed by atoms with Crippen LogP contribution >= 0.6 is 0 Å². The normalized spacial score (nSPS) is 20.8. The van der Waals surface area contributed by atoms with E-state index in [0.717, 1.165) is 4.68 Å². The van der Waals surface area contributed by atoms with Crippen LogP contribution in [0, 0.1) is 17.0 Å². The fraction of sp³-hybridized carbons (Fsp3) is 0.750. The summed E-state index contributed by atoms with van der Waals surface area (Å²) in [4.78, 5) is 10.5. The van der Waals surface area contributed by atoms with Gasteiger partial charge in [0, 0.05) is 23.7 Å². The molecule has 1 saturated heterocycles. The monoisotopic (exact) mass is 288 g/mol. The van der Waals surface area contributed by atoms with Crippen molar-refractivity contribution in [2.24, 2.45) is 0 Å². The fourth-order valence-corrected chi connectivity index (χ4v) is 2.06. The van der Waals surface area contributed by atoms with E-state index in [4.69, 9.17) is 13.6 Å². The van der Waals surface area contributed by atoms with E-state index in [1.807, 2.05) is 0 Å². The van der Waals surface area contributed by atoms with E-state index in [0.29, 0.717) is 26.1 Å². The Morgan fingerprint density at radius 2 is 2.40 bits per heavy atom. The molecule has 1 atom stereocenters. The van der Waals surface area contributed by atoms with Gasteiger partial charge in [-0.25, -0.2) is 0 Å². The predicted molar refractivity (Wildman–Crippen MR) is 69.6 cm³/mol. The van der Waals surface area contributed by atoms with Gasteiger partial charge in [0.15, 0.2) is 6.29 Å². The van der Waals surface area contributed by atoms with Crippen LogP contribution in [0.5, 0.6) is 5.88 Å². The second kappa shape index (κ2) is 6.19. The predicted octanol–water partition coefficient (Wildman–Crippen LogP) is 1.56. The Labute approximate surface area is 120 Å². The van der Waals surface area contributed by atoms with E-state index in [1.165, 1.54) is 0 Å². The molecule has 112 valence electrons. The van der Waals surface area contributed by atoms with Gasteiger partial charge in [0.2, 0.25) is 0 Å². The van der Waals surface area contributed by atoms with Gasteiger partial charge in [-0.3, -0.25) is 14.8 Å². The van der Waals surface area contributed by atoms with Crippen LogP contribution in [-0.2, 0) is 4.74 Å². The number of hydrogen-bond acceptors (Lipinski definition) is 6. The molecule has 1 aromatic heterocycles. The molecule has 0 radical (unpaired) electrons. The summed E-state index contributed by atoms with van der Waals surface area (Å²) in [5.74, 6) is -0.470. The van der Waals surface area contributed by atoms with Gasteiger partial charge in [0.1, 0.15) is 5.69 Å². The van der Waals surface area contributed by atoms with Crippen molar-refractivity contribution in [3.8, 4) is 5.88 Å². The molecule has 2 heterocycles. The van der Waals surface area contributed by atoms with E-state index in [-0.39, 0.29) is 12.5 Å². The minimum absolute atomic E-state index is 0.185. The maximum atomic E-state index is 11.4. The van der Waals surface area contributed by atoms with Crippen molar-refractivity contribution >= 4 is 5.69 Å². The van der Waals surface area contributed by atoms with Gasteiger partial charge in [-0.1, -0.05) is 6.92 Å². The quantitative estimate of drug-likeness (QED) is 0.501. The lowest BCUT2D eigenvalue weighted by Gasteiger charge is -2.22. The van der Waals surface area contributed by atoms with Gasteiger partial charge in [0.25, 0.3) is 0 Å². The zero-order valence-corrected chi connectivity index (χ0v) is 11.1. The summed E-state index contributed by atoms with van der Waals surface area (Å²) in [5, 5.41) is 24.9. The molecule has 0 bridgehead atoms. The first-order valence-corrected chi connectivity index (χ1v) is 6.45. The molecule has 8 heteroatoms. The molecule has 0 saturated carbocycles. The minimum atomic E-state index is -2.73. The topological polar surface area (TPSA) is 99.7 Å². The zero-order chi connectivity index (χ0) is 17.2. The molecule has 0 aliphatic carbocycles. The number of aromatic nitrogens is 2. The number of hydrogen-bond donors (Lipinski definition) is 1. The first-order valence-electron chi connectivity index (χ1n) is 7.95. The highest BCUT2D eigenvalue weighted by molar-refractivity contribution is 5.45. The van der Waals surface area contributed by atoms with Gasteiger partial charge in [0.05, 0.1) is 11.0 Å². The Morgan fingerprint density at radius 1 is 1.70 bits per heavy atom. The summed E-state index contributed by atoms with van der Waals surface area (Å²) in [6.07, 6.45) is -0.115. The third-order valence-corrected chi connectivity index (χ3v) is 3.17. The van der Waals surface area contributed by atoms with E-state index >= 15 is 0 Å². The minimum Gasteiger partial charge on any atom is -0.442 e. The Morgan fingerprint density at radius 3 is 2.95 bits per heavy atom. The molecule has 1 N–H and O–H groups in total. The molecule has 0 amide bonds. The molecule has 1 aliphatic heterocycles. The van der Waals surface area contributed by atoms with Gasteiger partial charge in [-0.15, -0.1) is 5.10 Å². The van der Waals surface area contributed by atoms with Crippen LogP contribution in [0.2, 0.25) is 0 Å². The number of nitro groups is 1. The first-order chi connectivity index (χ1) is 10.8. The Bertz CT molecular complexity index is 569.